The van der Waals surface area contributed by atoms with Gasteiger partial charge in [-0.3, -0.25) is 15.0 Å². The lowest BCUT2D eigenvalue weighted by Gasteiger charge is -2.15. The van der Waals surface area contributed by atoms with Gasteiger partial charge in [-0.25, -0.2) is 0 Å². The van der Waals surface area contributed by atoms with Crippen LogP contribution in [0.4, 0.5) is 0 Å². The van der Waals surface area contributed by atoms with E-state index in [1.165, 1.54) is 0 Å². The molecule has 8 heteroatoms. The normalized spacial score (nSPS) is 14.7. The highest BCUT2D eigenvalue weighted by Gasteiger charge is 2.34. The largest absolute Gasteiger partial charge is 0.488 e. The van der Waals surface area contributed by atoms with Crippen LogP contribution in [0.3, 0.4) is 0 Å². The minimum absolute atomic E-state index is 0.250. The smallest absolute Gasteiger partial charge is 0.285 e. The Hall–Kier alpha value is -3.13. The van der Waals surface area contributed by atoms with Crippen molar-refractivity contribution in [1.82, 2.24) is 10.4 Å². The first kappa shape index (κ1) is 22.1. The average molecular weight is 481 g/mol. The van der Waals surface area contributed by atoms with Crippen molar-refractivity contribution in [1.29, 1.82) is 0 Å². The lowest BCUT2D eigenvalue weighted by atomic mass is 10.2. The standard InChI is InChI=1S/C24H17ClN2O3S2/c25-19-12-6-4-11-18(19)15-30-20-13-7-5-10-17(20)14-21-23(29)27(24(31)32-21)26-22(28)16-8-2-1-3-9-16/h1-14H,15H2,(H,26,28)/b21-14+. The number of benzene rings is 3. The Labute approximate surface area is 200 Å². The Kier molecular flexibility index (Phi) is 6.90. The van der Waals surface area contributed by atoms with Crippen molar-refractivity contribution in [2.45, 2.75) is 6.61 Å². The van der Waals surface area contributed by atoms with E-state index in [0.717, 1.165) is 27.9 Å². The number of para-hydroxylation sites is 1. The van der Waals surface area contributed by atoms with Gasteiger partial charge in [0, 0.05) is 21.7 Å². The zero-order valence-electron chi connectivity index (χ0n) is 16.7. The maximum absolute atomic E-state index is 12.9. The number of hydrazine groups is 1. The molecule has 0 aliphatic carbocycles. The van der Waals surface area contributed by atoms with Crippen molar-refractivity contribution < 1.29 is 14.3 Å². The van der Waals surface area contributed by atoms with E-state index in [4.69, 9.17) is 28.6 Å². The summed E-state index contributed by atoms with van der Waals surface area (Å²) >= 11 is 12.6. The van der Waals surface area contributed by atoms with E-state index in [2.05, 4.69) is 5.43 Å². The fourth-order valence-electron chi connectivity index (χ4n) is 2.96. The quantitative estimate of drug-likeness (QED) is 0.374. The number of carbonyl (C=O) groups excluding carboxylic acids is 2. The minimum Gasteiger partial charge on any atom is -0.488 e. The van der Waals surface area contributed by atoms with Gasteiger partial charge in [0.05, 0.1) is 4.91 Å². The number of amides is 2. The van der Waals surface area contributed by atoms with E-state index in [1.54, 1.807) is 36.4 Å². The Bertz CT molecular complexity index is 1210. The van der Waals surface area contributed by atoms with Crippen LogP contribution >= 0.6 is 35.6 Å². The van der Waals surface area contributed by atoms with Crippen LogP contribution in [-0.4, -0.2) is 21.1 Å². The summed E-state index contributed by atoms with van der Waals surface area (Å²) in [5, 5.41) is 1.72. The fraction of sp³-hybridized carbons (Fsp3) is 0.0417. The summed E-state index contributed by atoms with van der Waals surface area (Å²) in [5.41, 5.74) is 4.59. The van der Waals surface area contributed by atoms with Crippen LogP contribution in [0.25, 0.3) is 6.08 Å². The van der Waals surface area contributed by atoms with Crippen molar-refractivity contribution in [2.24, 2.45) is 0 Å². The predicted octanol–water partition coefficient (Wildman–Crippen LogP) is 5.47. The second-order valence-corrected chi connectivity index (χ2v) is 8.82. The van der Waals surface area contributed by atoms with Gasteiger partial charge in [-0.2, -0.15) is 5.01 Å². The van der Waals surface area contributed by atoms with E-state index in [-0.39, 0.29) is 4.32 Å². The molecular formula is C24H17ClN2O3S2. The number of hydrogen-bond donors (Lipinski definition) is 1. The van der Waals surface area contributed by atoms with E-state index >= 15 is 0 Å². The number of halogens is 1. The molecule has 1 saturated heterocycles. The van der Waals surface area contributed by atoms with Crippen LogP contribution in [0.2, 0.25) is 5.02 Å². The molecule has 1 heterocycles. The molecule has 1 aliphatic heterocycles. The second-order valence-electron chi connectivity index (χ2n) is 6.74. The highest BCUT2D eigenvalue weighted by atomic mass is 35.5. The molecule has 5 nitrogen and oxygen atoms in total. The van der Waals surface area contributed by atoms with Crippen LogP contribution < -0.4 is 10.2 Å². The van der Waals surface area contributed by atoms with Gasteiger partial charge < -0.3 is 4.74 Å². The molecule has 0 bridgehead atoms. The van der Waals surface area contributed by atoms with E-state index in [0.29, 0.717) is 27.8 Å². The molecule has 0 unspecified atom stereocenters. The SMILES string of the molecule is O=C(NN1C(=O)/C(=C\c2ccccc2OCc2ccccc2Cl)SC1=S)c1ccccc1. The van der Waals surface area contributed by atoms with Gasteiger partial charge >= 0.3 is 0 Å². The molecule has 1 fully saturated rings. The lowest BCUT2D eigenvalue weighted by Crippen LogP contribution is -2.44. The second kappa shape index (κ2) is 9.99. The molecule has 32 heavy (non-hydrogen) atoms. The predicted molar refractivity (Wildman–Crippen MR) is 131 cm³/mol. The molecule has 2 amide bonds. The van der Waals surface area contributed by atoms with Crippen molar-refractivity contribution in [3.8, 4) is 5.75 Å². The third kappa shape index (κ3) is 5.02. The van der Waals surface area contributed by atoms with Gasteiger partial charge in [0.1, 0.15) is 12.4 Å². The summed E-state index contributed by atoms with van der Waals surface area (Å²) in [6.07, 6.45) is 1.70. The molecule has 0 aromatic heterocycles. The monoisotopic (exact) mass is 480 g/mol. The molecule has 4 rings (SSSR count). The number of ether oxygens (including phenoxy) is 1. The van der Waals surface area contributed by atoms with Crippen LogP contribution in [0.1, 0.15) is 21.5 Å². The average Bonchev–Trinajstić information content (AvgIpc) is 3.07. The van der Waals surface area contributed by atoms with Gasteiger partial charge in [0.25, 0.3) is 11.8 Å². The maximum Gasteiger partial charge on any atom is 0.285 e. The molecule has 0 radical (unpaired) electrons. The third-order valence-corrected chi connectivity index (χ3v) is 6.26. The highest BCUT2D eigenvalue weighted by Crippen LogP contribution is 2.33. The van der Waals surface area contributed by atoms with Crippen molar-refractivity contribution >= 4 is 57.8 Å². The molecule has 1 aliphatic rings. The summed E-state index contributed by atoms with van der Waals surface area (Å²) in [6, 6.07) is 23.5. The molecule has 1 N–H and O–H groups in total. The van der Waals surface area contributed by atoms with Gasteiger partial charge in [-0.05, 0) is 42.6 Å². The molecule has 0 spiro atoms. The molecular weight excluding hydrogens is 464 g/mol. The lowest BCUT2D eigenvalue weighted by molar-refractivity contribution is -0.123. The van der Waals surface area contributed by atoms with Crippen molar-refractivity contribution in [3.63, 3.8) is 0 Å². The molecule has 0 atom stereocenters. The first-order valence-electron chi connectivity index (χ1n) is 9.62. The maximum atomic E-state index is 12.9. The fourth-order valence-corrected chi connectivity index (χ4v) is 4.32. The number of thioether (sulfide) groups is 1. The number of nitrogens with one attached hydrogen (secondary N) is 1. The Morgan fingerprint density at radius 1 is 1.03 bits per heavy atom. The van der Waals surface area contributed by atoms with Crippen LogP contribution in [0, 0.1) is 0 Å². The topological polar surface area (TPSA) is 58.6 Å². The highest BCUT2D eigenvalue weighted by molar-refractivity contribution is 8.26. The van der Waals surface area contributed by atoms with Crippen LogP contribution in [0.15, 0.2) is 83.8 Å². The molecule has 3 aromatic rings. The number of thiocarbonyl (C=S) groups is 1. The summed E-state index contributed by atoms with van der Waals surface area (Å²) < 4.78 is 6.21. The van der Waals surface area contributed by atoms with E-state index in [9.17, 15) is 9.59 Å². The zero-order valence-corrected chi connectivity index (χ0v) is 19.0. The Morgan fingerprint density at radius 2 is 1.72 bits per heavy atom. The molecule has 0 saturated carbocycles. The summed E-state index contributed by atoms with van der Waals surface area (Å²) in [4.78, 5) is 25.7. The first-order valence-corrected chi connectivity index (χ1v) is 11.2. The third-order valence-electron chi connectivity index (χ3n) is 4.59. The zero-order chi connectivity index (χ0) is 22.5. The number of hydrogen-bond acceptors (Lipinski definition) is 5. The molecule has 3 aromatic carbocycles. The molecule has 160 valence electrons. The van der Waals surface area contributed by atoms with Crippen molar-refractivity contribution in [2.75, 3.05) is 0 Å². The first-order chi connectivity index (χ1) is 15.5. The van der Waals surface area contributed by atoms with Gasteiger partial charge in [0.15, 0.2) is 4.32 Å². The summed E-state index contributed by atoms with van der Waals surface area (Å²) in [5.74, 6) is -0.206. The number of rotatable bonds is 6. The van der Waals surface area contributed by atoms with Gasteiger partial charge in [0.2, 0.25) is 0 Å². The number of nitrogens with zero attached hydrogens (tertiary/aromatic N) is 1. The Balaban J connectivity index is 1.50. The van der Waals surface area contributed by atoms with Crippen LogP contribution in [0.5, 0.6) is 5.75 Å². The minimum atomic E-state index is -0.411. The van der Waals surface area contributed by atoms with Gasteiger partial charge in [-0.1, -0.05) is 78.0 Å². The summed E-state index contributed by atoms with van der Waals surface area (Å²) in [7, 11) is 0. The van der Waals surface area contributed by atoms with Crippen LogP contribution in [-0.2, 0) is 11.4 Å². The van der Waals surface area contributed by atoms with Crippen molar-refractivity contribution in [3.05, 3.63) is 105 Å². The number of carbonyl (C=O) groups is 2. The van der Waals surface area contributed by atoms with E-state index in [1.807, 2.05) is 48.5 Å². The Morgan fingerprint density at radius 3 is 2.50 bits per heavy atom. The van der Waals surface area contributed by atoms with E-state index < -0.39 is 11.8 Å². The van der Waals surface area contributed by atoms with Gasteiger partial charge in [-0.15, -0.1) is 0 Å². The summed E-state index contributed by atoms with van der Waals surface area (Å²) in [6.45, 7) is 0.290.